The molecule has 1 aromatic carbocycles. The monoisotopic (exact) mass is 265 g/mol. The minimum Gasteiger partial charge on any atom is -0.396 e. The van der Waals surface area contributed by atoms with E-state index < -0.39 is 0 Å². The van der Waals surface area contributed by atoms with Crippen molar-refractivity contribution in [2.45, 2.75) is 38.6 Å². The molecule has 0 radical (unpaired) electrons. The lowest BCUT2D eigenvalue weighted by molar-refractivity contribution is 0.227. The van der Waals surface area contributed by atoms with Gasteiger partial charge in [-0.25, -0.2) is 4.39 Å². The highest BCUT2D eigenvalue weighted by atomic mass is 19.1. The van der Waals surface area contributed by atoms with E-state index in [2.05, 4.69) is 12.2 Å². The maximum Gasteiger partial charge on any atom is 0.123 e. The molecule has 1 aliphatic carbocycles. The molecule has 0 amide bonds. The second-order valence-electron chi connectivity index (χ2n) is 5.75. The Labute approximate surface area is 115 Å². The van der Waals surface area contributed by atoms with E-state index in [4.69, 9.17) is 5.11 Å². The molecule has 2 unspecified atom stereocenters. The van der Waals surface area contributed by atoms with Crippen LogP contribution < -0.4 is 5.32 Å². The Morgan fingerprint density at radius 3 is 2.58 bits per heavy atom. The van der Waals surface area contributed by atoms with Gasteiger partial charge in [-0.3, -0.25) is 0 Å². The van der Waals surface area contributed by atoms with E-state index >= 15 is 0 Å². The van der Waals surface area contributed by atoms with Crippen LogP contribution in [0.3, 0.4) is 0 Å². The Balaban J connectivity index is 1.82. The molecule has 106 valence electrons. The van der Waals surface area contributed by atoms with Gasteiger partial charge in [0.05, 0.1) is 0 Å². The zero-order chi connectivity index (χ0) is 13.7. The fourth-order valence-electron chi connectivity index (χ4n) is 2.46. The number of halogens is 1. The lowest BCUT2D eigenvalue weighted by Crippen LogP contribution is -2.24. The normalized spacial score (nSPS) is 18.3. The van der Waals surface area contributed by atoms with Crippen LogP contribution >= 0.6 is 0 Å². The number of aliphatic hydroxyl groups is 1. The molecule has 3 heteroatoms. The van der Waals surface area contributed by atoms with E-state index in [9.17, 15) is 4.39 Å². The summed E-state index contributed by atoms with van der Waals surface area (Å²) in [5, 5.41) is 12.6. The minimum atomic E-state index is -0.171. The fraction of sp³-hybridized carbons (Fsp3) is 0.625. The molecule has 2 nitrogen and oxygen atoms in total. The third-order valence-electron chi connectivity index (χ3n) is 3.87. The number of rotatable bonds is 8. The van der Waals surface area contributed by atoms with Crippen LogP contribution in [0.5, 0.6) is 0 Å². The predicted molar refractivity (Wildman–Crippen MR) is 75.4 cm³/mol. The van der Waals surface area contributed by atoms with Crippen molar-refractivity contribution in [1.29, 1.82) is 0 Å². The molecule has 0 aliphatic heterocycles. The van der Waals surface area contributed by atoms with Crippen LogP contribution in [-0.2, 0) is 0 Å². The van der Waals surface area contributed by atoms with Gasteiger partial charge in [0.2, 0.25) is 0 Å². The smallest absolute Gasteiger partial charge is 0.123 e. The zero-order valence-corrected chi connectivity index (χ0v) is 11.6. The van der Waals surface area contributed by atoms with E-state index in [0.29, 0.717) is 17.9 Å². The first kappa shape index (κ1) is 14.5. The molecule has 19 heavy (non-hydrogen) atoms. The second-order valence-corrected chi connectivity index (χ2v) is 5.75. The Morgan fingerprint density at radius 2 is 2.00 bits per heavy atom. The van der Waals surface area contributed by atoms with Crippen LogP contribution in [0, 0.1) is 17.7 Å². The van der Waals surface area contributed by atoms with Crippen LogP contribution in [0.4, 0.5) is 4.39 Å². The maximum absolute atomic E-state index is 13.0. The van der Waals surface area contributed by atoms with Crippen molar-refractivity contribution in [2.75, 3.05) is 13.2 Å². The topological polar surface area (TPSA) is 32.3 Å². The van der Waals surface area contributed by atoms with Gasteiger partial charge < -0.3 is 10.4 Å². The van der Waals surface area contributed by atoms with Gasteiger partial charge in [0.15, 0.2) is 0 Å². The van der Waals surface area contributed by atoms with Crippen LogP contribution in [0.2, 0.25) is 0 Å². The Bertz CT molecular complexity index is 375. The third kappa shape index (κ3) is 4.59. The molecule has 1 fully saturated rings. The molecule has 0 spiro atoms. The van der Waals surface area contributed by atoms with E-state index in [1.165, 1.54) is 18.4 Å². The number of aliphatic hydroxyl groups excluding tert-OH is 1. The summed E-state index contributed by atoms with van der Waals surface area (Å²) in [5.41, 5.74) is 1.19. The van der Waals surface area contributed by atoms with Crippen molar-refractivity contribution < 1.29 is 9.50 Å². The zero-order valence-electron chi connectivity index (χ0n) is 11.6. The summed E-state index contributed by atoms with van der Waals surface area (Å²) in [4.78, 5) is 0. The maximum atomic E-state index is 13.0. The molecule has 0 aromatic heterocycles. The van der Waals surface area contributed by atoms with Gasteiger partial charge in [-0.2, -0.15) is 0 Å². The number of hydrogen-bond acceptors (Lipinski definition) is 2. The second kappa shape index (κ2) is 7.01. The molecule has 0 heterocycles. The molecule has 2 atom stereocenters. The number of hydrogen-bond donors (Lipinski definition) is 2. The van der Waals surface area contributed by atoms with Crippen LogP contribution in [0.1, 0.15) is 44.2 Å². The third-order valence-corrected chi connectivity index (χ3v) is 3.87. The van der Waals surface area contributed by atoms with Crippen LogP contribution in [-0.4, -0.2) is 18.3 Å². The summed E-state index contributed by atoms with van der Waals surface area (Å²) < 4.78 is 13.0. The molecule has 2 N–H and O–H groups in total. The van der Waals surface area contributed by atoms with E-state index in [0.717, 1.165) is 19.4 Å². The predicted octanol–water partition coefficient (Wildman–Crippen LogP) is 3.28. The van der Waals surface area contributed by atoms with Gasteiger partial charge >= 0.3 is 0 Å². The van der Waals surface area contributed by atoms with Crippen molar-refractivity contribution >= 4 is 0 Å². The largest absolute Gasteiger partial charge is 0.396 e. The molecule has 0 saturated heterocycles. The molecule has 1 saturated carbocycles. The molecule has 2 rings (SSSR count). The Kier molecular flexibility index (Phi) is 5.34. The minimum absolute atomic E-state index is 0.171. The summed E-state index contributed by atoms with van der Waals surface area (Å²) in [5.74, 6) is 0.919. The number of nitrogens with one attached hydrogen (secondary N) is 1. The molecule has 1 aromatic rings. The highest BCUT2D eigenvalue weighted by Crippen LogP contribution is 2.40. The lowest BCUT2D eigenvalue weighted by Gasteiger charge is -2.19. The molecular weight excluding hydrogens is 241 g/mol. The lowest BCUT2D eigenvalue weighted by atomic mass is 10.0. The highest BCUT2D eigenvalue weighted by molar-refractivity contribution is 5.21. The van der Waals surface area contributed by atoms with Gasteiger partial charge in [0.25, 0.3) is 0 Å². The summed E-state index contributed by atoms with van der Waals surface area (Å²) in [7, 11) is 0. The van der Waals surface area contributed by atoms with Gasteiger partial charge in [-0.1, -0.05) is 19.1 Å². The Hall–Kier alpha value is -0.930. The van der Waals surface area contributed by atoms with Crippen LogP contribution in [0.25, 0.3) is 0 Å². The van der Waals surface area contributed by atoms with Crippen molar-refractivity contribution in [3.8, 4) is 0 Å². The summed E-state index contributed by atoms with van der Waals surface area (Å²) in [6, 6.07) is 7.23. The quantitative estimate of drug-likeness (QED) is 0.707. The van der Waals surface area contributed by atoms with Gasteiger partial charge in [-0.05, 0) is 61.8 Å². The van der Waals surface area contributed by atoms with Crippen molar-refractivity contribution in [1.82, 2.24) is 5.32 Å². The van der Waals surface area contributed by atoms with Gasteiger partial charge in [-0.15, -0.1) is 0 Å². The summed E-state index contributed by atoms with van der Waals surface area (Å²) in [6.45, 7) is 3.30. The fourth-order valence-corrected chi connectivity index (χ4v) is 2.46. The van der Waals surface area contributed by atoms with Crippen molar-refractivity contribution in [2.24, 2.45) is 11.8 Å². The average Bonchev–Trinajstić information content (AvgIpc) is 3.24. The Morgan fingerprint density at radius 1 is 1.32 bits per heavy atom. The number of benzene rings is 1. The molecular formula is C16H24FNO. The first-order valence-corrected chi connectivity index (χ1v) is 7.30. The molecule has 0 bridgehead atoms. The van der Waals surface area contributed by atoms with Gasteiger partial charge in [0, 0.05) is 12.6 Å². The standard InChI is InChI=1S/C16H24FNO/c1-12(11-19)3-2-10-18-16(13-4-5-13)14-6-8-15(17)9-7-14/h6-9,12-13,16,18-19H,2-5,10-11H2,1H3. The highest BCUT2D eigenvalue weighted by Gasteiger charge is 2.31. The molecule has 1 aliphatic rings. The van der Waals surface area contributed by atoms with E-state index in [1.807, 2.05) is 12.1 Å². The van der Waals surface area contributed by atoms with Crippen LogP contribution in [0.15, 0.2) is 24.3 Å². The summed E-state index contributed by atoms with van der Waals surface area (Å²) >= 11 is 0. The van der Waals surface area contributed by atoms with E-state index in [-0.39, 0.29) is 12.4 Å². The average molecular weight is 265 g/mol. The van der Waals surface area contributed by atoms with Crippen molar-refractivity contribution in [3.63, 3.8) is 0 Å². The SMILES string of the molecule is CC(CO)CCCNC(c1ccc(F)cc1)C1CC1. The van der Waals surface area contributed by atoms with Crippen molar-refractivity contribution in [3.05, 3.63) is 35.6 Å². The summed E-state index contributed by atoms with van der Waals surface area (Å²) in [6.07, 6.45) is 4.65. The van der Waals surface area contributed by atoms with E-state index in [1.54, 1.807) is 12.1 Å². The first-order chi connectivity index (χ1) is 9.20. The van der Waals surface area contributed by atoms with Gasteiger partial charge in [0.1, 0.15) is 5.82 Å². The first-order valence-electron chi connectivity index (χ1n) is 7.30.